The van der Waals surface area contributed by atoms with Gasteiger partial charge in [0.1, 0.15) is 5.60 Å². The molecule has 2 heterocycles. The molecule has 6 heteroatoms. The van der Waals surface area contributed by atoms with Gasteiger partial charge < -0.3 is 15.0 Å². The van der Waals surface area contributed by atoms with Crippen LogP contribution < -0.4 is 5.32 Å². The zero-order valence-corrected chi connectivity index (χ0v) is 15.5. The number of nitrogens with one attached hydrogen (secondary N) is 1. The summed E-state index contributed by atoms with van der Waals surface area (Å²) in [5.74, 6) is 0. The standard InChI is InChI=1S/C17H29N3O2S/c1-5-15-19-12-14(23-15)11-18-13-7-6-9-20(10-8-13)16(21)22-17(2,3)4/h12-13,18H,5-11H2,1-4H3. The van der Waals surface area contributed by atoms with E-state index in [0.29, 0.717) is 6.04 Å². The number of rotatable bonds is 4. The number of hydrogen-bond donors (Lipinski definition) is 1. The second-order valence-corrected chi connectivity index (χ2v) is 8.25. The van der Waals surface area contributed by atoms with E-state index in [1.165, 1.54) is 9.88 Å². The van der Waals surface area contributed by atoms with Crippen molar-refractivity contribution in [2.45, 2.75) is 71.6 Å². The van der Waals surface area contributed by atoms with E-state index in [9.17, 15) is 4.79 Å². The number of ether oxygens (including phenoxy) is 1. The monoisotopic (exact) mass is 339 g/mol. The molecule has 0 aliphatic carbocycles. The molecule has 1 N–H and O–H groups in total. The molecule has 1 saturated heterocycles. The third kappa shape index (κ3) is 6.11. The van der Waals surface area contributed by atoms with Crippen LogP contribution in [-0.4, -0.2) is 40.7 Å². The van der Waals surface area contributed by atoms with Gasteiger partial charge in [-0.05, 0) is 46.5 Å². The fourth-order valence-corrected chi connectivity index (χ4v) is 3.46. The van der Waals surface area contributed by atoms with Gasteiger partial charge in [-0.15, -0.1) is 11.3 Å². The lowest BCUT2D eigenvalue weighted by Gasteiger charge is -2.26. The van der Waals surface area contributed by atoms with Gasteiger partial charge in [-0.3, -0.25) is 0 Å². The zero-order valence-electron chi connectivity index (χ0n) is 14.7. The van der Waals surface area contributed by atoms with Crippen LogP contribution in [0.15, 0.2) is 6.20 Å². The zero-order chi connectivity index (χ0) is 16.9. The van der Waals surface area contributed by atoms with Gasteiger partial charge in [0.05, 0.1) is 5.01 Å². The van der Waals surface area contributed by atoms with E-state index >= 15 is 0 Å². The molecule has 23 heavy (non-hydrogen) atoms. The van der Waals surface area contributed by atoms with Gasteiger partial charge in [-0.1, -0.05) is 6.92 Å². The highest BCUT2D eigenvalue weighted by atomic mass is 32.1. The van der Waals surface area contributed by atoms with Gasteiger partial charge in [0, 0.05) is 36.8 Å². The Bertz CT molecular complexity index is 510. The fraction of sp³-hybridized carbons (Fsp3) is 0.765. The minimum Gasteiger partial charge on any atom is -0.444 e. The van der Waals surface area contributed by atoms with Crippen molar-refractivity contribution in [1.82, 2.24) is 15.2 Å². The topological polar surface area (TPSA) is 54.5 Å². The summed E-state index contributed by atoms with van der Waals surface area (Å²) in [6.45, 7) is 10.3. The molecule has 1 atom stereocenters. The molecule has 1 aromatic rings. The van der Waals surface area contributed by atoms with Crippen molar-refractivity contribution in [3.05, 3.63) is 16.1 Å². The number of aryl methyl sites for hydroxylation is 1. The molecule has 0 aromatic carbocycles. The molecule has 5 nitrogen and oxygen atoms in total. The van der Waals surface area contributed by atoms with E-state index in [2.05, 4.69) is 17.2 Å². The first-order valence-corrected chi connectivity index (χ1v) is 9.34. The smallest absolute Gasteiger partial charge is 0.410 e. The minimum atomic E-state index is -0.426. The number of amides is 1. The van der Waals surface area contributed by atoms with Crippen LogP contribution in [0, 0.1) is 0 Å². The Morgan fingerprint density at radius 3 is 2.87 bits per heavy atom. The molecule has 1 aliphatic rings. The van der Waals surface area contributed by atoms with Gasteiger partial charge in [-0.2, -0.15) is 0 Å². The molecule has 0 spiro atoms. The van der Waals surface area contributed by atoms with Crippen molar-refractivity contribution >= 4 is 17.4 Å². The van der Waals surface area contributed by atoms with Gasteiger partial charge in [0.15, 0.2) is 0 Å². The summed E-state index contributed by atoms with van der Waals surface area (Å²) in [4.78, 5) is 19.7. The number of likely N-dealkylation sites (tertiary alicyclic amines) is 1. The minimum absolute atomic E-state index is 0.187. The molecule has 0 saturated carbocycles. The Kier molecular flexibility index (Phi) is 6.41. The van der Waals surface area contributed by atoms with Crippen LogP contribution in [0.4, 0.5) is 4.79 Å². The van der Waals surface area contributed by atoms with E-state index in [0.717, 1.165) is 45.3 Å². The summed E-state index contributed by atoms with van der Waals surface area (Å²) in [5, 5.41) is 4.81. The van der Waals surface area contributed by atoms with Crippen molar-refractivity contribution in [1.29, 1.82) is 0 Å². The highest BCUT2D eigenvalue weighted by molar-refractivity contribution is 7.11. The molecule has 130 valence electrons. The van der Waals surface area contributed by atoms with Crippen LogP contribution in [0.1, 0.15) is 56.8 Å². The molecule has 0 bridgehead atoms. The Balaban J connectivity index is 1.78. The Hall–Kier alpha value is -1.14. The Morgan fingerprint density at radius 1 is 1.43 bits per heavy atom. The van der Waals surface area contributed by atoms with Gasteiger partial charge in [-0.25, -0.2) is 9.78 Å². The predicted molar refractivity (Wildman–Crippen MR) is 93.8 cm³/mol. The number of thiazole rings is 1. The molecule has 1 aliphatic heterocycles. The second kappa shape index (κ2) is 8.11. The lowest BCUT2D eigenvalue weighted by Crippen LogP contribution is -2.38. The van der Waals surface area contributed by atoms with E-state index < -0.39 is 5.60 Å². The quantitative estimate of drug-likeness (QED) is 0.911. The molecular formula is C17H29N3O2S. The lowest BCUT2D eigenvalue weighted by molar-refractivity contribution is 0.0256. The van der Waals surface area contributed by atoms with E-state index in [4.69, 9.17) is 4.74 Å². The van der Waals surface area contributed by atoms with Crippen LogP contribution in [-0.2, 0) is 17.7 Å². The number of carbonyl (C=O) groups excluding carboxylic acids is 1. The highest BCUT2D eigenvalue weighted by Gasteiger charge is 2.25. The molecular weight excluding hydrogens is 310 g/mol. The van der Waals surface area contributed by atoms with Crippen LogP contribution in [0.3, 0.4) is 0 Å². The van der Waals surface area contributed by atoms with E-state index in [1.807, 2.05) is 31.9 Å². The van der Waals surface area contributed by atoms with Crippen molar-refractivity contribution in [3.8, 4) is 0 Å². The predicted octanol–water partition coefficient (Wildman–Crippen LogP) is 3.58. The number of aromatic nitrogens is 1. The van der Waals surface area contributed by atoms with Gasteiger partial charge in [0.2, 0.25) is 0 Å². The highest BCUT2D eigenvalue weighted by Crippen LogP contribution is 2.17. The fourth-order valence-electron chi connectivity index (χ4n) is 2.65. The van der Waals surface area contributed by atoms with Gasteiger partial charge >= 0.3 is 6.09 Å². The Morgan fingerprint density at radius 2 is 2.22 bits per heavy atom. The maximum Gasteiger partial charge on any atom is 0.410 e. The average Bonchev–Trinajstić information content (AvgIpc) is 2.80. The van der Waals surface area contributed by atoms with Crippen LogP contribution >= 0.6 is 11.3 Å². The molecule has 1 unspecified atom stereocenters. The largest absolute Gasteiger partial charge is 0.444 e. The maximum atomic E-state index is 12.2. The summed E-state index contributed by atoms with van der Waals surface area (Å²) in [6, 6.07) is 0.453. The van der Waals surface area contributed by atoms with Crippen molar-refractivity contribution in [3.63, 3.8) is 0 Å². The molecule has 2 rings (SSSR count). The van der Waals surface area contributed by atoms with Gasteiger partial charge in [0.25, 0.3) is 0 Å². The maximum absolute atomic E-state index is 12.2. The number of carbonyl (C=O) groups is 1. The van der Waals surface area contributed by atoms with Crippen molar-refractivity contribution in [2.75, 3.05) is 13.1 Å². The van der Waals surface area contributed by atoms with E-state index in [-0.39, 0.29) is 6.09 Å². The summed E-state index contributed by atoms with van der Waals surface area (Å²) in [6.07, 6.45) is 5.87. The third-order valence-corrected chi connectivity index (χ3v) is 4.99. The summed E-state index contributed by atoms with van der Waals surface area (Å²) in [5.41, 5.74) is -0.426. The normalized spacial score (nSPS) is 19.5. The molecule has 0 radical (unpaired) electrons. The summed E-state index contributed by atoms with van der Waals surface area (Å²) < 4.78 is 5.47. The van der Waals surface area contributed by atoms with Crippen LogP contribution in [0.2, 0.25) is 0 Å². The summed E-state index contributed by atoms with van der Waals surface area (Å²) in [7, 11) is 0. The molecule has 1 fully saturated rings. The van der Waals surface area contributed by atoms with E-state index in [1.54, 1.807) is 11.3 Å². The lowest BCUT2D eigenvalue weighted by atomic mass is 10.1. The molecule has 1 amide bonds. The third-order valence-electron chi connectivity index (χ3n) is 3.85. The first-order chi connectivity index (χ1) is 10.9. The Labute approximate surface area is 143 Å². The number of hydrogen-bond acceptors (Lipinski definition) is 5. The van der Waals surface area contributed by atoms with Crippen molar-refractivity contribution in [2.24, 2.45) is 0 Å². The first kappa shape index (κ1) is 18.2. The second-order valence-electron chi connectivity index (χ2n) is 7.05. The van der Waals surface area contributed by atoms with Crippen LogP contribution in [0.25, 0.3) is 0 Å². The van der Waals surface area contributed by atoms with Crippen molar-refractivity contribution < 1.29 is 9.53 Å². The first-order valence-electron chi connectivity index (χ1n) is 8.52. The number of nitrogens with zero attached hydrogens (tertiary/aromatic N) is 2. The molecule has 1 aromatic heterocycles. The SMILES string of the molecule is CCc1ncc(CNC2CCCN(C(=O)OC(C)(C)C)CC2)s1. The average molecular weight is 340 g/mol. The van der Waals surface area contributed by atoms with Crippen LogP contribution in [0.5, 0.6) is 0 Å². The summed E-state index contributed by atoms with van der Waals surface area (Å²) >= 11 is 1.78.